The van der Waals surface area contributed by atoms with Crippen LogP contribution in [0.5, 0.6) is 5.75 Å². The third-order valence-corrected chi connectivity index (χ3v) is 6.22. The first-order valence-corrected chi connectivity index (χ1v) is 11.6. The van der Waals surface area contributed by atoms with Gasteiger partial charge in [-0.3, -0.25) is 4.57 Å². The van der Waals surface area contributed by atoms with Gasteiger partial charge in [-0.25, -0.2) is 18.6 Å². The molecule has 192 valence electrons. The van der Waals surface area contributed by atoms with Crippen LogP contribution < -0.4 is 15.0 Å². The molecule has 0 unspecified atom stereocenters. The zero-order valence-electron chi connectivity index (χ0n) is 19.6. The number of halogens is 2. The van der Waals surface area contributed by atoms with Crippen molar-refractivity contribution in [1.82, 2.24) is 29.4 Å². The molecule has 1 atom stereocenters. The van der Waals surface area contributed by atoms with Gasteiger partial charge in [-0.05, 0) is 25.0 Å². The van der Waals surface area contributed by atoms with Gasteiger partial charge in [-0.2, -0.15) is 15.0 Å². The fraction of sp³-hybridized carbons (Fsp3) is 0.500. The summed E-state index contributed by atoms with van der Waals surface area (Å²) < 4.78 is 40.2. The second-order valence-corrected chi connectivity index (χ2v) is 8.50. The fourth-order valence-electron chi connectivity index (χ4n) is 4.49. The van der Waals surface area contributed by atoms with E-state index in [4.69, 9.17) is 9.47 Å². The minimum atomic E-state index is -2.90. The predicted octanol–water partition coefficient (Wildman–Crippen LogP) is 2.55. The van der Waals surface area contributed by atoms with Crippen LogP contribution in [-0.2, 0) is 4.74 Å². The molecule has 2 aromatic heterocycles. The highest BCUT2D eigenvalue weighted by Gasteiger charge is 2.28. The van der Waals surface area contributed by atoms with Gasteiger partial charge in [0.15, 0.2) is 5.82 Å². The van der Waals surface area contributed by atoms with Gasteiger partial charge in [0.05, 0.1) is 25.8 Å². The summed E-state index contributed by atoms with van der Waals surface area (Å²) in [6.07, 6.45) is -2.50. The Morgan fingerprint density at radius 1 is 1.17 bits per heavy atom. The van der Waals surface area contributed by atoms with Crippen molar-refractivity contribution in [2.24, 2.45) is 0 Å². The van der Waals surface area contributed by atoms with Crippen LogP contribution in [0.1, 0.15) is 25.1 Å². The first-order valence-electron chi connectivity index (χ1n) is 11.6. The number of hydrogen-bond acceptors (Lipinski definition) is 9. The number of methoxy groups -OCH3 is 1. The number of nitrogens with one attached hydrogen (secondary N) is 1. The maximum atomic E-state index is 14.1. The minimum absolute atomic E-state index is 0.0223. The molecule has 2 N–H and O–H groups in total. The molecule has 0 aliphatic carbocycles. The molecule has 36 heavy (non-hydrogen) atoms. The lowest BCUT2D eigenvalue weighted by Crippen LogP contribution is -2.45. The molecule has 5 rings (SSSR count). The first-order chi connectivity index (χ1) is 17.4. The first kappa shape index (κ1) is 23.9. The van der Waals surface area contributed by atoms with E-state index in [2.05, 4.69) is 25.3 Å². The largest absolute Gasteiger partial charge is 0.494 e. The third-order valence-electron chi connectivity index (χ3n) is 6.22. The Morgan fingerprint density at radius 2 is 1.94 bits per heavy atom. The van der Waals surface area contributed by atoms with Crippen molar-refractivity contribution in [3.8, 4) is 11.7 Å². The van der Waals surface area contributed by atoms with Crippen molar-refractivity contribution in [3.63, 3.8) is 0 Å². The lowest BCUT2D eigenvalue weighted by atomic mass is 10.1. The van der Waals surface area contributed by atoms with Crippen LogP contribution in [0, 0.1) is 0 Å². The number of carbonyl (C=O) groups is 1. The van der Waals surface area contributed by atoms with E-state index in [1.165, 1.54) is 16.6 Å². The van der Waals surface area contributed by atoms with Gasteiger partial charge in [0, 0.05) is 32.2 Å². The number of ether oxygens (including phenoxy) is 2. The highest BCUT2D eigenvalue weighted by Crippen LogP contribution is 2.32. The average Bonchev–Trinajstić information content (AvgIpc) is 3.29. The smallest absolute Gasteiger partial charge is 0.407 e. The molecule has 0 bridgehead atoms. The number of likely N-dealkylation sites (tertiary alicyclic amines) is 1. The van der Waals surface area contributed by atoms with Crippen LogP contribution in [-0.4, -0.2) is 93.1 Å². The Kier molecular flexibility index (Phi) is 6.67. The molecular weight excluding hydrogens is 478 g/mol. The Morgan fingerprint density at radius 3 is 2.67 bits per heavy atom. The lowest BCUT2D eigenvalue weighted by Gasteiger charge is -2.31. The van der Waals surface area contributed by atoms with Gasteiger partial charge in [0.25, 0.3) is 6.43 Å². The van der Waals surface area contributed by atoms with Crippen LogP contribution in [0.25, 0.3) is 17.0 Å². The standard InChI is InChI=1S/C22H26F2N8O4/c1-35-15-6-2-5-14-16(15)26-18(17(23)24)32(14)21-28-19(25-13-4-3-7-31(12-13)22(33)34)27-20(29-21)30-8-10-36-11-9-30/h2,5-6,13,17H,3-4,7-12H2,1H3,(H,33,34)(H,25,27,28,29)/t13-/m0/s1. The normalized spacial score (nSPS) is 18.6. The van der Waals surface area contributed by atoms with E-state index in [1.807, 2.05) is 4.90 Å². The number of aromatic nitrogens is 5. The minimum Gasteiger partial charge on any atom is -0.494 e. The van der Waals surface area contributed by atoms with Crippen LogP contribution in [0.15, 0.2) is 18.2 Å². The number of hydrogen-bond donors (Lipinski definition) is 2. The number of benzene rings is 1. The van der Waals surface area contributed by atoms with Crippen LogP contribution in [0.4, 0.5) is 25.5 Å². The summed E-state index contributed by atoms with van der Waals surface area (Å²) >= 11 is 0. The number of imidazole rings is 1. The van der Waals surface area contributed by atoms with Gasteiger partial charge < -0.3 is 29.7 Å². The van der Waals surface area contributed by atoms with Crippen molar-refractivity contribution >= 4 is 29.0 Å². The van der Waals surface area contributed by atoms with Crippen molar-refractivity contribution < 1.29 is 28.2 Å². The molecule has 1 aromatic carbocycles. The Hall–Kier alpha value is -3.81. The highest BCUT2D eigenvalue weighted by molar-refractivity contribution is 5.84. The van der Waals surface area contributed by atoms with Crippen LogP contribution in [0.3, 0.4) is 0 Å². The Bertz CT molecular complexity index is 1250. The Labute approximate surface area is 204 Å². The number of morpholine rings is 1. The summed E-state index contributed by atoms with van der Waals surface area (Å²) in [5.41, 5.74) is 0.631. The van der Waals surface area contributed by atoms with E-state index in [9.17, 15) is 18.7 Å². The quantitative estimate of drug-likeness (QED) is 0.516. The van der Waals surface area contributed by atoms with Crippen molar-refractivity contribution in [2.75, 3.05) is 56.7 Å². The van der Waals surface area contributed by atoms with Crippen molar-refractivity contribution in [3.05, 3.63) is 24.0 Å². The summed E-state index contributed by atoms with van der Waals surface area (Å²) in [4.78, 5) is 32.4. The zero-order valence-corrected chi connectivity index (χ0v) is 19.6. The molecule has 3 aromatic rings. The molecule has 2 aliphatic heterocycles. The average molecular weight is 504 g/mol. The van der Waals surface area contributed by atoms with Crippen molar-refractivity contribution in [2.45, 2.75) is 25.3 Å². The van der Waals surface area contributed by atoms with Gasteiger partial charge in [-0.15, -0.1) is 0 Å². The second kappa shape index (κ2) is 10.0. The van der Waals surface area contributed by atoms with Gasteiger partial charge >= 0.3 is 6.09 Å². The number of para-hydroxylation sites is 1. The maximum absolute atomic E-state index is 14.1. The molecule has 0 spiro atoms. The molecule has 0 radical (unpaired) electrons. The van der Waals surface area contributed by atoms with E-state index in [1.54, 1.807) is 18.2 Å². The number of carboxylic acid groups (broad SMARTS) is 1. The van der Waals surface area contributed by atoms with Crippen LogP contribution >= 0.6 is 0 Å². The predicted molar refractivity (Wildman–Crippen MR) is 125 cm³/mol. The molecule has 14 heteroatoms. The summed E-state index contributed by atoms with van der Waals surface area (Å²) in [5, 5.41) is 12.6. The summed E-state index contributed by atoms with van der Waals surface area (Å²) in [7, 11) is 1.45. The SMILES string of the molecule is COc1cccc2c1nc(C(F)F)n2-c1nc(N[C@H]2CCCN(C(=O)O)C2)nc(N2CCOCC2)n1. The third kappa shape index (κ3) is 4.67. The van der Waals surface area contributed by atoms with E-state index in [0.29, 0.717) is 62.9 Å². The van der Waals surface area contributed by atoms with Crippen molar-refractivity contribution in [1.29, 1.82) is 0 Å². The lowest BCUT2D eigenvalue weighted by molar-refractivity contribution is 0.122. The highest BCUT2D eigenvalue weighted by atomic mass is 19.3. The van der Waals surface area contributed by atoms with Crippen LogP contribution in [0.2, 0.25) is 0 Å². The summed E-state index contributed by atoms with van der Waals surface area (Å²) in [5.74, 6) is 0.288. The molecule has 2 fully saturated rings. The number of anilines is 2. The summed E-state index contributed by atoms with van der Waals surface area (Å²) in [6.45, 7) is 2.73. The molecule has 2 aliphatic rings. The topological polar surface area (TPSA) is 131 Å². The second-order valence-electron chi connectivity index (χ2n) is 8.50. The van der Waals surface area contributed by atoms with E-state index in [0.717, 1.165) is 0 Å². The number of amides is 1. The monoisotopic (exact) mass is 504 g/mol. The van der Waals surface area contributed by atoms with E-state index < -0.39 is 18.3 Å². The van der Waals surface area contributed by atoms with Gasteiger partial charge in [-0.1, -0.05) is 6.07 Å². The van der Waals surface area contributed by atoms with Gasteiger partial charge in [0.2, 0.25) is 17.8 Å². The molecular formula is C22H26F2N8O4. The molecule has 4 heterocycles. The fourth-order valence-corrected chi connectivity index (χ4v) is 4.49. The number of piperidine rings is 1. The summed E-state index contributed by atoms with van der Waals surface area (Å²) in [6, 6.07) is 4.73. The molecule has 12 nitrogen and oxygen atoms in total. The number of alkyl halides is 2. The number of rotatable bonds is 6. The molecule has 0 saturated carbocycles. The maximum Gasteiger partial charge on any atom is 0.407 e. The molecule has 1 amide bonds. The van der Waals surface area contributed by atoms with Gasteiger partial charge in [0.1, 0.15) is 11.3 Å². The number of fused-ring (bicyclic) bond motifs is 1. The van der Waals surface area contributed by atoms with E-state index >= 15 is 0 Å². The zero-order chi connectivity index (χ0) is 25.2. The number of nitrogens with zero attached hydrogens (tertiary/aromatic N) is 7. The Balaban J connectivity index is 1.60. The molecule has 2 saturated heterocycles. The van der Waals surface area contributed by atoms with E-state index in [-0.39, 0.29) is 30.0 Å².